The van der Waals surface area contributed by atoms with Gasteiger partial charge in [-0.25, -0.2) is 0 Å². The Labute approximate surface area is 167 Å². The molecule has 1 aromatic heterocycles. The average Bonchev–Trinajstić information content (AvgIpc) is 2.69. The Morgan fingerprint density at radius 2 is 1.64 bits per heavy atom. The number of aliphatic carboxylic acids is 1. The van der Waals surface area contributed by atoms with E-state index in [1.54, 1.807) is 55.7 Å². The highest BCUT2D eigenvalue weighted by molar-refractivity contribution is 7.60. The van der Waals surface area contributed by atoms with Crippen molar-refractivity contribution in [3.8, 4) is 0 Å². The lowest BCUT2D eigenvalue weighted by molar-refractivity contribution is -0.140. The summed E-state index contributed by atoms with van der Waals surface area (Å²) in [5.74, 6) is -2.11. The van der Waals surface area contributed by atoms with E-state index in [2.05, 4.69) is 4.98 Å². The first-order valence-electron chi connectivity index (χ1n) is 9.82. The molecule has 5 nitrogen and oxygen atoms in total. The zero-order valence-electron chi connectivity index (χ0n) is 16.8. The van der Waals surface area contributed by atoms with E-state index in [1.165, 1.54) is 0 Å². The normalized spacial score (nSPS) is 16.1. The second-order valence-corrected chi connectivity index (χ2v) is 10.3. The van der Waals surface area contributed by atoms with Crippen LogP contribution in [0.2, 0.25) is 0 Å². The average molecular weight is 403 g/mol. The molecule has 2 N–H and O–H groups in total. The highest BCUT2D eigenvalue weighted by atomic mass is 31.2. The summed E-state index contributed by atoms with van der Waals surface area (Å²) in [6.07, 6.45) is 5.19. The monoisotopic (exact) mass is 403 g/mol. The van der Waals surface area contributed by atoms with E-state index in [0.29, 0.717) is 36.8 Å². The number of pyridine rings is 1. The predicted octanol–water partition coefficient (Wildman–Crippen LogP) is 5.62. The van der Waals surface area contributed by atoms with Crippen molar-refractivity contribution < 1.29 is 19.4 Å². The molecular formula is C22H30NO4P. The number of hydrogen-bond donors (Lipinski definition) is 2. The van der Waals surface area contributed by atoms with Gasteiger partial charge in [0.25, 0.3) is 0 Å². The molecule has 3 atom stereocenters. The SMILES string of the molecule is CCCC(CCC)(C(C(=O)O)c1ccccc1)P(=O)(O)C(C)c1cccnc1. The lowest BCUT2D eigenvalue weighted by Gasteiger charge is -2.44. The van der Waals surface area contributed by atoms with Gasteiger partial charge in [0.2, 0.25) is 7.37 Å². The Bertz CT molecular complexity index is 804. The third-order valence-electron chi connectivity index (χ3n) is 5.61. The maximum Gasteiger partial charge on any atom is 0.312 e. The van der Waals surface area contributed by atoms with Gasteiger partial charge in [-0.1, -0.05) is 63.1 Å². The minimum Gasteiger partial charge on any atom is -0.481 e. The molecule has 28 heavy (non-hydrogen) atoms. The van der Waals surface area contributed by atoms with Crippen molar-refractivity contribution in [1.82, 2.24) is 4.98 Å². The van der Waals surface area contributed by atoms with Crippen LogP contribution < -0.4 is 0 Å². The van der Waals surface area contributed by atoms with Crippen LogP contribution in [0.3, 0.4) is 0 Å². The fourth-order valence-electron chi connectivity index (χ4n) is 4.32. The Morgan fingerprint density at radius 3 is 2.11 bits per heavy atom. The van der Waals surface area contributed by atoms with Gasteiger partial charge in [0.15, 0.2) is 0 Å². The molecule has 152 valence electrons. The molecule has 0 amide bonds. The molecule has 0 aliphatic carbocycles. The van der Waals surface area contributed by atoms with E-state index in [0.717, 1.165) is 0 Å². The van der Waals surface area contributed by atoms with Crippen LogP contribution in [0.4, 0.5) is 0 Å². The summed E-state index contributed by atoms with van der Waals surface area (Å²) in [6, 6.07) is 12.4. The first-order valence-corrected chi connectivity index (χ1v) is 11.5. The molecule has 2 aromatic rings. The van der Waals surface area contributed by atoms with Crippen LogP contribution in [0, 0.1) is 0 Å². The van der Waals surface area contributed by atoms with E-state index >= 15 is 0 Å². The highest BCUT2D eigenvalue weighted by Gasteiger charge is 2.57. The van der Waals surface area contributed by atoms with Crippen LogP contribution in [-0.2, 0) is 9.36 Å². The molecular weight excluding hydrogens is 373 g/mol. The number of hydrogen-bond acceptors (Lipinski definition) is 3. The van der Waals surface area contributed by atoms with Gasteiger partial charge < -0.3 is 10.00 Å². The second-order valence-electron chi connectivity index (χ2n) is 7.37. The maximum atomic E-state index is 14.1. The molecule has 0 aliphatic rings. The third kappa shape index (κ3) is 4.21. The predicted molar refractivity (Wildman–Crippen MR) is 112 cm³/mol. The Hall–Kier alpha value is -1.97. The van der Waals surface area contributed by atoms with Crippen molar-refractivity contribution in [3.63, 3.8) is 0 Å². The van der Waals surface area contributed by atoms with Crippen molar-refractivity contribution >= 4 is 13.3 Å². The van der Waals surface area contributed by atoms with Crippen molar-refractivity contribution in [2.45, 2.75) is 63.2 Å². The number of benzene rings is 1. The van der Waals surface area contributed by atoms with Crippen molar-refractivity contribution in [2.75, 3.05) is 0 Å². The van der Waals surface area contributed by atoms with Gasteiger partial charge in [0, 0.05) is 12.4 Å². The van der Waals surface area contributed by atoms with Gasteiger partial charge in [-0.3, -0.25) is 14.3 Å². The molecule has 1 heterocycles. The zero-order chi connectivity index (χ0) is 20.8. The molecule has 0 saturated heterocycles. The highest BCUT2D eigenvalue weighted by Crippen LogP contribution is 2.71. The molecule has 6 heteroatoms. The summed E-state index contributed by atoms with van der Waals surface area (Å²) in [6.45, 7) is 5.58. The number of carboxylic acid groups (broad SMARTS) is 1. The molecule has 0 saturated carbocycles. The van der Waals surface area contributed by atoms with E-state index in [1.807, 2.05) is 19.9 Å². The molecule has 0 aliphatic heterocycles. The van der Waals surface area contributed by atoms with Gasteiger partial charge >= 0.3 is 5.97 Å². The van der Waals surface area contributed by atoms with Crippen LogP contribution in [0.25, 0.3) is 0 Å². The van der Waals surface area contributed by atoms with E-state index < -0.39 is 30.1 Å². The van der Waals surface area contributed by atoms with Gasteiger partial charge in [0.1, 0.15) is 0 Å². The number of nitrogens with zero attached hydrogens (tertiary/aromatic N) is 1. The molecule has 0 bridgehead atoms. The quantitative estimate of drug-likeness (QED) is 0.503. The number of rotatable bonds is 10. The van der Waals surface area contributed by atoms with Crippen LogP contribution in [0.5, 0.6) is 0 Å². The van der Waals surface area contributed by atoms with Crippen LogP contribution in [0.1, 0.15) is 69.2 Å². The van der Waals surface area contributed by atoms with E-state index in [4.69, 9.17) is 0 Å². The minimum atomic E-state index is -3.98. The molecule has 2 rings (SSSR count). The first-order chi connectivity index (χ1) is 13.3. The summed E-state index contributed by atoms with van der Waals surface area (Å²) < 4.78 is 14.1. The van der Waals surface area contributed by atoms with Crippen molar-refractivity contribution in [2.24, 2.45) is 0 Å². The first kappa shape index (κ1) is 22.3. The lowest BCUT2D eigenvalue weighted by Crippen LogP contribution is -2.41. The molecule has 1 aromatic carbocycles. The van der Waals surface area contributed by atoms with Crippen molar-refractivity contribution in [3.05, 3.63) is 66.0 Å². The summed E-state index contributed by atoms with van der Waals surface area (Å²) in [4.78, 5) is 28.1. The summed E-state index contributed by atoms with van der Waals surface area (Å²) >= 11 is 0. The maximum absolute atomic E-state index is 14.1. The lowest BCUT2D eigenvalue weighted by atomic mass is 9.79. The molecule has 0 fully saturated rings. The van der Waals surface area contributed by atoms with Gasteiger partial charge in [0.05, 0.1) is 16.7 Å². The second kappa shape index (κ2) is 9.49. The summed E-state index contributed by atoms with van der Waals surface area (Å²) in [5, 5.41) is 8.94. The van der Waals surface area contributed by atoms with E-state index in [-0.39, 0.29) is 0 Å². The number of carbonyl (C=O) groups is 1. The molecule has 0 radical (unpaired) electrons. The Morgan fingerprint density at radius 1 is 1.07 bits per heavy atom. The van der Waals surface area contributed by atoms with Crippen LogP contribution in [-0.4, -0.2) is 26.1 Å². The van der Waals surface area contributed by atoms with Gasteiger partial charge in [-0.15, -0.1) is 0 Å². The third-order valence-corrected chi connectivity index (χ3v) is 8.94. The van der Waals surface area contributed by atoms with Crippen LogP contribution in [0.15, 0.2) is 54.9 Å². The smallest absolute Gasteiger partial charge is 0.312 e. The topological polar surface area (TPSA) is 87.5 Å². The molecule has 0 spiro atoms. The standard InChI is InChI=1S/C22H30NO4P/c1-4-13-22(14-5-2,20(21(24)25)18-10-7-6-8-11-18)28(26,27)17(3)19-12-9-15-23-16-19/h6-12,15-17,20H,4-5,13-14H2,1-3H3,(H,24,25)(H,26,27). The Balaban J connectivity index is 2.70. The molecule has 3 unspecified atom stereocenters. The summed E-state index contributed by atoms with van der Waals surface area (Å²) in [7, 11) is -3.98. The Kier molecular flexibility index (Phi) is 7.56. The number of carboxylic acids is 1. The fourth-order valence-corrected chi connectivity index (χ4v) is 7.37. The summed E-state index contributed by atoms with van der Waals surface area (Å²) in [5.41, 5.74) is 0.525. The van der Waals surface area contributed by atoms with Crippen LogP contribution >= 0.6 is 7.37 Å². The zero-order valence-corrected chi connectivity index (χ0v) is 17.7. The van der Waals surface area contributed by atoms with Crippen molar-refractivity contribution in [1.29, 1.82) is 0 Å². The fraction of sp³-hybridized carbons (Fsp3) is 0.455. The van der Waals surface area contributed by atoms with Gasteiger partial charge in [-0.2, -0.15) is 0 Å². The largest absolute Gasteiger partial charge is 0.481 e. The number of aromatic nitrogens is 1. The van der Waals surface area contributed by atoms with Gasteiger partial charge in [-0.05, 0) is 37.0 Å². The van der Waals surface area contributed by atoms with E-state index in [9.17, 15) is 19.4 Å². The minimum absolute atomic E-state index is 0.366.